The van der Waals surface area contributed by atoms with Gasteiger partial charge in [-0.05, 0) is 0 Å². The van der Waals surface area contributed by atoms with Crippen LogP contribution in [0.1, 0.15) is 0 Å². The van der Waals surface area contributed by atoms with Crippen LogP contribution in [0.25, 0.3) is 0 Å². The highest BCUT2D eigenvalue weighted by Crippen LogP contribution is 1.61. The molecule has 0 rings (SSSR count). The van der Waals surface area contributed by atoms with E-state index in [1.165, 1.54) is 0 Å². The van der Waals surface area contributed by atoms with Crippen LogP contribution in [0.3, 0.4) is 0 Å². The van der Waals surface area contributed by atoms with E-state index in [0.29, 0.717) is 0 Å². The van der Waals surface area contributed by atoms with Gasteiger partial charge in [-0.2, -0.15) is 0 Å². The summed E-state index contributed by atoms with van der Waals surface area (Å²) in [5, 5.41) is 26.7. The molecule has 0 aliphatic rings. The van der Waals surface area contributed by atoms with Crippen LogP contribution < -0.4 is 10.8 Å². The number of hydrogen-bond donors (Lipinski definition) is 4. The zero-order valence-electron chi connectivity index (χ0n) is 5.08. The molecule has 0 aliphatic carbocycles. The maximum atomic E-state index is 10.5. The average Bonchev–Trinajstić information content (AvgIpc) is 1.63. The van der Waals surface area contributed by atoms with Crippen molar-refractivity contribution in [3.8, 4) is 0 Å². The second kappa shape index (κ2) is 4.66. The Kier molecular flexibility index (Phi) is 4.55. The van der Waals surface area contributed by atoms with Gasteiger partial charge >= 0.3 is 0 Å². The van der Waals surface area contributed by atoms with Crippen molar-refractivity contribution in [1.29, 1.82) is 0 Å². The molecule has 0 aromatic carbocycles. The van der Waals surface area contributed by atoms with Crippen molar-refractivity contribution < 1.29 is 15.3 Å². The molecular weight excluding hydrogens is 124 g/mol. The lowest BCUT2D eigenvalue weighted by molar-refractivity contribution is -0.853. The highest BCUT2D eigenvalue weighted by molar-refractivity contribution is 4.32. The summed E-state index contributed by atoms with van der Waals surface area (Å²) < 4.78 is 0. The van der Waals surface area contributed by atoms with E-state index in [1.54, 1.807) is 0 Å². The van der Waals surface area contributed by atoms with E-state index in [-0.39, 0.29) is 24.7 Å². The predicted octanol–water partition coefficient (Wildman–Crippen LogP) is -3.36. The van der Waals surface area contributed by atoms with Crippen molar-refractivity contribution in [3.63, 3.8) is 0 Å². The number of aliphatic hydroxyl groups is 2. The zero-order valence-corrected chi connectivity index (χ0v) is 5.08. The van der Waals surface area contributed by atoms with Crippen LogP contribution in [-0.4, -0.2) is 36.1 Å². The van der Waals surface area contributed by atoms with Gasteiger partial charge in [0.15, 0.2) is 0 Å². The molecule has 0 amide bonds. The Morgan fingerprint density at radius 2 is 2.11 bits per heavy atom. The quantitative estimate of drug-likeness (QED) is 0.240. The van der Waals surface area contributed by atoms with Crippen molar-refractivity contribution in [2.45, 2.75) is 6.29 Å². The molecule has 56 valence electrons. The highest BCUT2D eigenvalue weighted by Gasteiger charge is 2.01. The van der Waals surface area contributed by atoms with Crippen LogP contribution >= 0.6 is 0 Å². The maximum Gasteiger partial charge on any atom is 0.202 e. The molecule has 0 aromatic rings. The van der Waals surface area contributed by atoms with E-state index in [9.17, 15) is 5.21 Å². The molecule has 5 N–H and O–H groups in total. The first-order valence-electron chi connectivity index (χ1n) is 2.74. The normalized spacial score (nSPS) is 14.3. The molecule has 5 heteroatoms. The van der Waals surface area contributed by atoms with Crippen molar-refractivity contribution in [1.82, 2.24) is 0 Å². The van der Waals surface area contributed by atoms with Crippen LogP contribution in [-0.2, 0) is 0 Å². The Morgan fingerprint density at radius 1 is 1.56 bits per heavy atom. The molecule has 0 aromatic heterocycles. The van der Waals surface area contributed by atoms with Crippen LogP contribution in [0.4, 0.5) is 0 Å². The Labute approximate surface area is 53.3 Å². The van der Waals surface area contributed by atoms with E-state index in [0.717, 1.165) is 0 Å². The number of hydroxylamine groups is 2. The van der Waals surface area contributed by atoms with Crippen LogP contribution in [0.15, 0.2) is 0 Å². The molecule has 0 bridgehead atoms. The van der Waals surface area contributed by atoms with Gasteiger partial charge in [0.2, 0.25) is 6.29 Å². The Hall–Kier alpha value is -0.200. The summed E-state index contributed by atoms with van der Waals surface area (Å²) in [7, 11) is 0. The monoisotopic (exact) mass is 136 g/mol. The Morgan fingerprint density at radius 3 is 2.44 bits per heavy atom. The molecule has 9 heavy (non-hydrogen) atoms. The van der Waals surface area contributed by atoms with Gasteiger partial charge in [0.25, 0.3) is 0 Å². The van der Waals surface area contributed by atoms with E-state index >= 15 is 0 Å². The first-order valence-corrected chi connectivity index (χ1v) is 2.74. The molecule has 0 saturated heterocycles. The van der Waals surface area contributed by atoms with E-state index in [2.05, 4.69) is 0 Å². The van der Waals surface area contributed by atoms with E-state index in [4.69, 9.17) is 15.9 Å². The Bertz CT molecular complexity index is 68.8. The van der Waals surface area contributed by atoms with Gasteiger partial charge in [0.1, 0.15) is 6.54 Å². The predicted molar refractivity (Wildman–Crippen MR) is 31.3 cm³/mol. The number of hydrogen-bond acceptors (Lipinski definition) is 4. The summed E-state index contributed by atoms with van der Waals surface area (Å²) >= 11 is 0. The second-order valence-corrected chi connectivity index (χ2v) is 1.76. The fraction of sp³-hybridized carbons (Fsp3) is 1.00. The van der Waals surface area contributed by atoms with Crippen LogP contribution in [0, 0.1) is 5.21 Å². The zero-order chi connectivity index (χ0) is 7.28. The van der Waals surface area contributed by atoms with Gasteiger partial charge in [-0.25, -0.2) is 0 Å². The van der Waals surface area contributed by atoms with Gasteiger partial charge in [-0.3, -0.25) is 0 Å². The Balaban J connectivity index is 3.15. The van der Waals surface area contributed by atoms with Crippen molar-refractivity contribution in [2.75, 3.05) is 19.6 Å². The topological polar surface area (TPSA) is 94.0 Å². The van der Waals surface area contributed by atoms with Gasteiger partial charge in [-0.1, -0.05) is 0 Å². The third-order valence-electron chi connectivity index (χ3n) is 0.833. The minimum absolute atomic E-state index is 0.211. The summed E-state index contributed by atoms with van der Waals surface area (Å²) in [5.41, 5.74) is 5.02. The lowest BCUT2D eigenvalue weighted by atomic mass is 10.5. The number of aliphatic hydroxyl groups excluding tert-OH is 1. The molecule has 0 aliphatic heterocycles. The molecule has 1 atom stereocenters. The van der Waals surface area contributed by atoms with Gasteiger partial charge in [-0.15, -0.1) is 0 Å². The first kappa shape index (κ1) is 8.80. The molecule has 0 heterocycles. The van der Waals surface area contributed by atoms with Crippen LogP contribution in [0.2, 0.25) is 0 Å². The molecule has 0 radical (unpaired) electrons. The summed E-state index contributed by atoms with van der Waals surface area (Å²) in [5.74, 6) is 0. The molecule has 5 nitrogen and oxygen atoms in total. The molecule has 0 saturated carbocycles. The van der Waals surface area contributed by atoms with Crippen molar-refractivity contribution >= 4 is 0 Å². The SMILES string of the molecule is NCC[NH+]([O-])CC(O)O. The van der Waals surface area contributed by atoms with Gasteiger partial charge in [0, 0.05) is 6.54 Å². The molecule has 1 unspecified atom stereocenters. The third kappa shape index (κ3) is 5.67. The second-order valence-electron chi connectivity index (χ2n) is 1.76. The third-order valence-corrected chi connectivity index (χ3v) is 0.833. The highest BCUT2D eigenvalue weighted by atomic mass is 16.5. The fourth-order valence-electron chi connectivity index (χ4n) is 0.467. The molecule has 0 spiro atoms. The standard InChI is InChI=1S/C4H12N2O3/c5-1-2-6(9)3-4(7)8/h4,6-8H,1-3,5H2. The van der Waals surface area contributed by atoms with Gasteiger partial charge < -0.3 is 26.2 Å². The minimum Gasteiger partial charge on any atom is -0.634 e. The minimum atomic E-state index is -1.52. The summed E-state index contributed by atoms with van der Waals surface area (Å²) in [6.07, 6.45) is -1.52. The lowest BCUT2D eigenvalue weighted by Gasteiger charge is -2.21. The molecular formula is C4H12N2O3. The van der Waals surface area contributed by atoms with E-state index < -0.39 is 6.29 Å². The largest absolute Gasteiger partial charge is 0.634 e. The van der Waals surface area contributed by atoms with Gasteiger partial charge in [0.05, 0.1) is 6.54 Å². The number of rotatable bonds is 4. The number of nitrogens with two attached hydrogens (primary N) is 1. The first-order chi connectivity index (χ1) is 4.16. The number of quaternary nitrogens is 1. The fourth-order valence-corrected chi connectivity index (χ4v) is 0.467. The van der Waals surface area contributed by atoms with Crippen LogP contribution in [0.5, 0.6) is 0 Å². The van der Waals surface area contributed by atoms with E-state index in [1.807, 2.05) is 0 Å². The van der Waals surface area contributed by atoms with Crippen molar-refractivity contribution in [3.05, 3.63) is 5.21 Å². The van der Waals surface area contributed by atoms with Crippen molar-refractivity contribution in [2.24, 2.45) is 5.73 Å². The average molecular weight is 136 g/mol. The summed E-state index contributed by atoms with van der Waals surface area (Å²) in [4.78, 5) is 0. The maximum absolute atomic E-state index is 10.5. The molecule has 0 fully saturated rings. The smallest absolute Gasteiger partial charge is 0.202 e. The summed E-state index contributed by atoms with van der Waals surface area (Å²) in [6.45, 7) is 0.278. The lowest BCUT2D eigenvalue weighted by Crippen LogP contribution is -3.09. The number of nitrogens with one attached hydrogen (secondary N) is 1. The summed E-state index contributed by atoms with van der Waals surface area (Å²) in [6, 6.07) is 0.